The second kappa shape index (κ2) is 5.80. The van der Waals surface area contributed by atoms with Crippen LogP contribution in [-0.4, -0.2) is 25.8 Å². The number of ether oxygens (including phenoxy) is 1. The molecular formula is C9H18N2O2. The first-order valence-corrected chi connectivity index (χ1v) is 4.93. The molecule has 0 unspecified atom stereocenters. The van der Waals surface area contributed by atoms with E-state index in [9.17, 15) is 4.79 Å². The minimum atomic E-state index is -0.336. The van der Waals surface area contributed by atoms with Gasteiger partial charge < -0.3 is 15.8 Å². The van der Waals surface area contributed by atoms with Crippen molar-refractivity contribution in [2.45, 2.75) is 25.7 Å². The van der Waals surface area contributed by atoms with Gasteiger partial charge in [-0.1, -0.05) is 12.8 Å². The van der Waals surface area contributed by atoms with Gasteiger partial charge in [0, 0.05) is 13.1 Å². The van der Waals surface area contributed by atoms with E-state index in [0.717, 1.165) is 0 Å². The van der Waals surface area contributed by atoms with Gasteiger partial charge in [-0.2, -0.15) is 0 Å². The van der Waals surface area contributed by atoms with E-state index in [4.69, 9.17) is 10.5 Å². The molecule has 76 valence electrons. The third-order valence-corrected chi connectivity index (χ3v) is 2.34. The number of carbonyl (C=O) groups is 1. The Morgan fingerprint density at radius 2 is 2.15 bits per heavy atom. The number of amides is 1. The van der Waals surface area contributed by atoms with E-state index >= 15 is 0 Å². The molecule has 0 heterocycles. The lowest BCUT2D eigenvalue weighted by molar-refractivity contribution is 0.128. The Morgan fingerprint density at radius 1 is 1.46 bits per heavy atom. The topological polar surface area (TPSA) is 64.3 Å². The van der Waals surface area contributed by atoms with Crippen molar-refractivity contribution >= 4 is 6.09 Å². The van der Waals surface area contributed by atoms with Gasteiger partial charge in [0.1, 0.15) is 0 Å². The van der Waals surface area contributed by atoms with E-state index in [-0.39, 0.29) is 6.09 Å². The quantitative estimate of drug-likeness (QED) is 0.684. The third-order valence-electron chi connectivity index (χ3n) is 2.34. The second-order valence-corrected chi connectivity index (χ2v) is 3.46. The fourth-order valence-electron chi connectivity index (χ4n) is 1.60. The van der Waals surface area contributed by atoms with Gasteiger partial charge in [-0.05, 0) is 18.8 Å². The summed E-state index contributed by atoms with van der Waals surface area (Å²) in [6.45, 7) is 1.51. The molecule has 0 atom stereocenters. The number of hydrogen-bond donors (Lipinski definition) is 2. The number of nitrogens with one attached hydrogen (secondary N) is 1. The molecule has 0 aromatic carbocycles. The standard InChI is InChI=1S/C9H18N2O2/c10-5-6-11-9(12)13-7-8-3-1-2-4-8/h8H,1-7,10H2,(H,11,12). The normalized spacial score (nSPS) is 17.3. The fourth-order valence-corrected chi connectivity index (χ4v) is 1.60. The average Bonchev–Trinajstić information content (AvgIpc) is 2.64. The summed E-state index contributed by atoms with van der Waals surface area (Å²) in [6.07, 6.45) is 4.61. The van der Waals surface area contributed by atoms with Gasteiger partial charge in [-0.25, -0.2) is 4.79 Å². The van der Waals surface area contributed by atoms with Crippen LogP contribution in [0.15, 0.2) is 0 Å². The smallest absolute Gasteiger partial charge is 0.407 e. The number of nitrogens with two attached hydrogens (primary N) is 1. The molecule has 0 saturated heterocycles. The SMILES string of the molecule is NCCNC(=O)OCC1CCCC1. The Hall–Kier alpha value is -0.770. The molecular weight excluding hydrogens is 168 g/mol. The highest BCUT2D eigenvalue weighted by Gasteiger charge is 2.16. The molecule has 0 aliphatic heterocycles. The Labute approximate surface area is 78.8 Å². The minimum Gasteiger partial charge on any atom is -0.449 e. The van der Waals surface area contributed by atoms with E-state index in [1.165, 1.54) is 25.7 Å². The van der Waals surface area contributed by atoms with Crippen molar-refractivity contribution in [3.8, 4) is 0 Å². The molecule has 0 spiro atoms. The molecule has 1 saturated carbocycles. The van der Waals surface area contributed by atoms with E-state index in [1.54, 1.807) is 0 Å². The van der Waals surface area contributed by atoms with Crippen molar-refractivity contribution in [3.63, 3.8) is 0 Å². The summed E-state index contributed by atoms with van der Waals surface area (Å²) in [5, 5.41) is 2.57. The summed E-state index contributed by atoms with van der Waals surface area (Å²) in [5.74, 6) is 0.587. The molecule has 0 aromatic heterocycles. The molecule has 1 rings (SSSR count). The van der Waals surface area contributed by atoms with Crippen molar-refractivity contribution in [1.29, 1.82) is 0 Å². The largest absolute Gasteiger partial charge is 0.449 e. The number of rotatable bonds is 4. The van der Waals surface area contributed by atoms with Crippen molar-refractivity contribution in [3.05, 3.63) is 0 Å². The molecule has 1 amide bonds. The average molecular weight is 186 g/mol. The zero-order chi connectivity index (χ0) is 9.52. The summed E-state index contributed by atoms with van der Waals surface area (Å²) < 4.78 is 5.02. The highest BCUT2D eigenvalue weighted by atomic mass is 16.5. The first-order chi connectivity index (χ1) is 6.33. The molecule has 0 radical (unpaired) electrons. The van der Waals surface area contributed by atoms with E-state index in [1.807, 2.05) is 0 Å². The Bertz CT molecular complexity index is 156. The predicted octanol–water partition coefficient (Wildman–Crippen LogP) is 0.861. The zero-order valence-electron chi connectivity index (χ0n) is 7.92. The van der Waals surface area contributed by atoms with Gasteiger partial charge in [-0.15, -0.1) is 0 Å². The van der Waals surface area contributed by atoms with Crippen LogP contribution in [0.4, 0.5) is 4.79 Å². The van der Waals surface area contributed by atoms with Gasteiger partial charge >= 0.3 is 6.09 Å². The summed E-state index contributed by atoms with van der Waals surface area (Å²) in [4.78, 5) is 11.0. The summed E-state index contributed by atoms with van der Waals surface area (Å²) in [7, 11) is 0. The van der Waals surface area contributed by atoms with Crippen LogP contribution < -0.4 is 11.1 Å². The van der Waals surface area contributed by atoms with E-state index in [2.05, 4.69) is 5.32 Å². The minimum absolute atomic E-state index is 0.336. The molecule has 4 nitrogen and oxygen atoms in total. The van der Waals surface area contributed by atoms with Crippen LogP contribution in [0.25, 0.3) is 0 Å². The molecule has 1 aliphatic rings. The molecule has 1 fully saturated rings. The molecule has 4 heteroatoms. The lowest BCUT2D eigenvalue weighted by Crippen LogP contribution is -2.30. The van der Waals surface area contributed by atoms with Crippen molar-refractivity contribution in [2.24, 2.45) is 11.7 Å². The first-order valence-electron chi connectivity index (χ1n) is 4.93. The number of alkyl carbamates (subject to hydrolysis) is 1. The van der Waals surface area contributed by atoms with Crippen LogP contribution in [0.5, 0.6) is 0 Å². The van der Waals surface area contributed by atoms with Crippen LogP contribution in [0, 0.1) is 5.92 Å². The van der Waals surface area contributed by atoms with Crippen LogP contribution in [-0.2, 0) is 4.74 Å². The van der Waals surface area contributed by atoms with Crippen molar-refractivity contribution in [2.75, 3.05) is 19.7 Å². The summed E-state index contributed by atoms with van der Waals surface area (Å²) in [5.41, 5.74) is 5.22. The first kappa shape index (κ1) is 10.3. The van der Waals surface area contributed by atoms with Gasteiger partial charge in [0.25, 0.3) is 0 Å². The van der Waals surface area contributed by atoms with Crippen molar-refractivity contribution < 1.29 is 9.53 Å². The maximum atomic E-state index is 11.0. The third kappa shape index (κ3) is 4.12. The Morgan fingerprint density at radius 3 is 2.77 bits per heavy atom. The monoisotopic (exact) mass is 186 g/mol. The van der Waals surface area contributed by atoms with Crippen LogP contribution in [0.2, 0.25) is 0 Å². The maximum Gasteiger partial charge on any atom is 0.407 e. The fraction of sp³-hybridized carbons (Fsp3) is 0.889. The summed E-state index contributed by atoms with van der Waals surface area (Å²) >= 11 is 0. The maximum absolute atomic E-state index is 11.0. The number of carbonyl (C=O) groups excluding carboxylic acids is 1. The zero-order valence-corrected chi connectivity index (χ0v) is 7.92. The van der Waals surface area contributed by atoms with Crippen molar-refractivity contribution in [1.82, 2.24) is 5.32 Å². The molecule has 13 heavy (non-hydrogen) atoms. The van der Waals surface area contributed by atoms with E-state index < -0.39 is 0 Å². The molecule has 0 bridgehead atoms. The van der Waals surface area contributed by atoms with Gasteiger partial charge in [0.15, 0.2) is 0 Å². The van der Waals surface area contributed by atoms with Crippen LogP contribution in [0.1, 0.15) is 25.7 Å². The van der Waals surface area contributed by atoms with Crippen LogP contribution in [0.3, 0.4) is 0 Å². The Kier molecular flexibility index (Phi) is 4.60. The highest BCUT2D eigenvalue weighted by molar-refractivity contribution is 5.67. The molecule has 3 N–H and O–H groups in total. The lowest BCUT2D eigenvalue weighted by atomic mass is 10.1. The highest BCUT2D eigenvalue weighted by Crippen LogP contribution is 2.24. The molecule has 0 aromatic rings. The van der Waals surface area contributed by atoms with E-state index in [0.29, 0.717) is 25.6 Å². The lowest BCUT2D eigenvalue weighted by Gasteiger charge is -2.10. The predicted molar refractivity (Wildman–Crippen MR) is 50.4 cm³/mol. The second-order valence-electron chi connectivity index (χ2n) is 3.46. The number of hydrogen-bond acceptors (Lipinski definition) is 3. The van der Waals surface area contributed by atoms with Gasteiger partial charge in [0.05, 0.1) is 6.61 Å². The summed E-state index contributed by atoms with van der Waals surface area (Å²) in [6, 6.07) is 0. The van der Waals surface area contributed by atoms with Gasteiger partial charge in [-0.3, -0.25) is 0 Å². The Balaban J connectivity index is 2.00. The van der Waals surface area contributed by atoms with Gasteiger partial charge in [0.2, 0.25) is 0 Å². The van der Waals surface area contributed by atoms with Crippen LogP contribution >= 0.6 is 0 Å². The molecule has 1 aliphatic carbocycles.